The molecule has 4 aromatic rings. The first kappa shape index (κ1) is 24.4. The van der Waals surface area contributed by atoms with Gasteiger partial charge in [-0.1, -0.05) is 36.4 Å². The van der Waals surface area contributed by atoms with Gasteiger partial charge in [0.1, 0.15) is 23.4 Å². The van der Waals surface area contributed by atoms with E-state index in [4.69, 9.17) is 9.47 Å². The second kappa shape index (κ2) is 11.2. The first-order chi connectivity index (χ1) is 18.1. The van der Waals surface area contributed by atoms with Gasteiger partial charge in [-0.3, -0.25) is 4.79 Å². The summed E-state index contributed by atoms with van der Waals surface area (Å²) in [5, 5.41) is 15.9. The maximum atomic E-state index is 13.0. The van der Waals surface area contributed by atoms with Gasteiger partial charge in [0.2, 0.25) is 0 Å². The third-order valence-corrected chi connectivity index (χ3v) is 6.56. The van der Waals surface area contributed by atoms with E-state index in [0.717, 1.165) is 53.9 Å². The number of phenolic OH excluding ortho intramolecular Hbond substituents is 1. The zero-order valence-corrected chi connectivity index (χ0v) is 20.7. The lowest BCUT2D eigenvalue weighted by molar-refractivity contribution is 0.102. The number of hydrogen-bond acceptors (Lipinski definition) is 5. The molecule has 0 aliphatic carbocycles. The lowest BCUT2D eigenvalue weighted by atomic mass is 10.0. The van der Waals surface area contributed by atoms with E-state index in [1.165, 1.54) is 0 Å². The highest BCUT2D eigenvalue weighted by atomic mass is 16.5. The van der Waals surface area contributed by atoms with Crippen LogP contribution >= 0.6 is 0 Å². The van der Waals surface area contributed by atoms with Crippen LogP contribution in [-0.2, 0) is 0 Å². The summed E-state index contributed by atoms with van der Waals surface area (Å²) in [6, 6.07) is 28.1. The molecule has 6 nitrogen and oxygen atoms in total. The summed E-state index contributed by atoms with van der Waals surface area (Å²) in [4.78, 5) is 13.0. The Morgan fingerprint density at radius 3 is 2.11 bits per heavy atom. The number of anilines is 1. The molecular formula is C31H30N2O4. The molecule has 0 bridgehead atoms. The monoisotopic (exact) mass is 494 g/mol. The number of carbonyl (C=O) groups is 1. The molecule has 1 saturated heterocycles. The summed E-state index contributed by atoms with van der Waals surface area (Å²) in [7, 11) is 1.59. The molecule has 0 saturated carbocycles. The highest BCUT2D eigenvalue weighted by Gasteiger charge is 2.15. The van der Waals surface area contributed by atoms with Crippen molar-refractivity contribution in [3.63, 3.8) is 0 Å². The van der Waals surface area contributed by atoms with Gasteiger partial charge >= 0.3 is 0 Å². The molecular weight excluding hydrogens is 464 g/mol. The van der Waals surface area contributed by atoms with Crippen molar-refractivity contribution in [2.45, 2.75) is 18.9 Å². The van der Waals surface area contributed by atoms with E-state index in [2.05, 4.69) is 22.8 Å². The third kappa shape index (κ3) is 5.93. The first-order valence-corrected chi connectivity index (χ1v) is 12.5. The Kier molecular flexibility index (Phi) is 7.38. The topological polar surface area (TPSA) is 79.8 Å². The molecule has 4 aromatic carbocycles. The maximum absolute atomic E-state index is 13.0. The fourth-order valence-corrected chi connectivity index (χ4v) is 4.50. The summed E-state index contributed by atoms with van der Waals surface area (Å²) >= 11 is 0. The van der Waals surface area contributed by atoms with E-state index >= 15 is 0 Å². The Balaban J connectivity index is 1.26. The minimum atomic E-state index is -0.213. The average Bonchev–Trinajstić information content (AvgIpc) is 2.94. The Morgan fingerprint density at radius 2 is 1.46 bits per heavy atom. The van der Waals surface area contributed by atoms with Crippen molar-refractivity contribution < 1.29 is 19.4 Å². The van der Waals surface area contributed by atoms with E-state index < -0.39 is 0 Å². The third-order valence-electron chi connectivity index (χ3n) is 6.56. The van der Waals surface area contributed by atoms with Crippen molar-refractivity contribution in [3.8, 4) is 39.5 Å². The number of carbonyl (C=O) groups excluding carboxylic acids is 1. The van der Waals surface area contributed by atoms with E-state index in [9.17, 15) is 9.90 Å². The second-order valence-electron chi connectivity index (χ2n) is 9.08. The molecule has 0 unspecified atom stereocenters. The van der Waals surface area contributed by atoms with Gasteiger partial charge in [-0.2, -0.15) is 0 Å². The number of amides is 1. The molecule has 3 N–H and O–H groups in total. The van der Waals surface area contributed by atoms with Crippen molar-refractivity contribution in [1.29, 1.82) is 0 Å². The summed E-state index contributed by atoms with van der Waals surface area (Å²) < 4.78 is 11.6. The fraction of sp³-hybridized carbons (Fsp3) is 0.194. The van der Waals surface area contributed by atoms with E-state index in [-0.39, 0.29) is 17.8 Å². The lowest BCUT2D eigenvalue weighted by Gasteiger charge is -2.23. The zero-order valence-electron chi connectivity index (χ0n) is 20.7. The van der Waals surface area contributed by atoms with Crippen LogP contribution in [-0.4, -0.2) is 37.3 Å². The highest BCUT2D eigenvalue weighted by Crippen LogP contribution is 2.32. The van der Waals surface area contributed by atoms with Gasteiger partial charge in [0.05, 0.1) is 7.11 Å². The maximum Gasteiger partial charge on any atom is 0.255 e. The molecule has 0 spiro atoms. The van der Waals surface area contributed by atoms with Crippen LogP contribution in [0.4, 0.5) is 5.69 Å². The molecule has 1 amide bonds. The van der Waals surface area contributed by atoms with Crippen LogP contribution in [0.2, 0.25) is 0 Å². The van der Waals surface area contributed by atoms with E-state index in [1.54, 1.807) is 49.6 Å². The van der Waals surface area contributed by atoms with Gasteiger partial charge < -0.3 is 25.2 Å². The quantitative estimate of drug-likeness (QED) is 0.289. The smallest absolute Gasteiger partial charge is 0.255 e. The molecule has 37 heavy (non-hydrogen) atoms. The normalized spacial score (nSPS) is 13.6. The van der Waals surface area contributed by atoms with Crippen LogP contribution in [0.15, 0.2) is 91.0 Å². The van der Waals surface area contributed by atoms with E-state index in [0.29, 0.717) is 17.0 Å². The Bertz CT molecular complexity index is 1340. The fourth-order valence-electron chi connectivity index (χ4n) is 4.50. The van der Waals surface area contributed by atoms with Crippen LogP contribution < -0.4 is 20.1 Å². The minimum Gasteiger partial charge on any atom is -0.508 e. The van der Waals surface area contributed by atoms with Crippen molar-refractivity contribution in [2.24, 2.45) is 0 Å². The molecule has 0 atom stereocenters. The molecule has 1 aliphatic rings. The number of phenols is 1. The van der Waals surface area contributed by atoms with Crippen molar-refractivity contribution in [1.82, 2.24) is 5.32 Å². The zero-order chi connectivity index (χ0) is 25.6. The SMILES string of the molecule is COc1ccc(C(=O)Nc2ccc(-c3ccc(OC4CCNCC4)cc3)cc2)cc1-c1ccc(O)cc1. The number of hydrogen-bond donors (Lipinski definition) is 3. The van der Waals surface area contributed by atoms with Crippen LogP contribution in [0, 0.1) is 0 Å². The largest absolute Gasteiger partial charge is 0.508 e. The Morgan fingerprint density at radius 1 is 0.838 bits per heavy atom. The lowest BCUT2D eigenvalue weighted by Crippen LogP contribution is -2.34. The number of piperidine rings is 1. The standard InChI is InChI=1S/C31H30N2O4/c1-36-30-15-8-24(20-29(30)23-4-11-26(34)12-5-23)31(35)33-25-9-2-21(3-10-25)22-6-13-27(14-7-22)37-28-16-18-32-19-17-28/h2-15,20,28,32,34H,16-19H2,1H3,(H,33,35). The summed E-state index contributed by atoms with van der Waals surface area (Å²) in [6.07, 6.45) is 2.34. The van der Waals surface area contributed by atoms with Crippen molar-refractivity contribution in [3.05, 3.63) is 96.6 Å². The van der Waals surface area contributed by atoms with Crippen molar-refractivity contribution >= 4 is 11.6 Å². The van der Waals surface area contributed by atoms with Gasteiger partial charge in [0, 0.05) is 16.8 Å². The molecule has 1 aliphatic heterocycles. The predicted molar refractivity (Wildman–Crippen MR) is 146 cm³/mol. The van der Waals surface area contributed by atoms with E-state index in [1.807, 2.05) is 36.4 Å². The average molecular weight is 495 g/mol. The van der Waals surface area contributed by atoms with Crippen LogP contribution in [0.1, 0.15) is 23.2 Å². The number of ether oxygens (including phenoxy) is 2. The number of nitrogens with one attached hydrogen (secondary N) is 2. The molecule has 1 fully saturated rings. The van der Waals surface area contributed by atoms with Gasteiger partial charge in [-0.25, -0.2) is 0 Å². The van der Waals surface area contributed by atoms with Crippen molar-refractivity contribution in [2.75, 3.05) is 25.5 Å². The summed E-state index contributed by atoms with van der Waals surface area (Å²) in [6.45, 7) is 2.01. The number of methoxy groups -OCH3 is 1. The molecule has 188 valence electrons. The first-order valence-electron chi connectivity index (χ1n) is 12.5. The predicted octanol–water partition coefficient (Wildman–Crippen LogP) is 6.12. The molecule has 0 radical (unpaired) electrons. The Labute approximate surface area is 216 Å². The van der Waals surface area contributed by atoms with Crippen LogP contribution in [0.5, 0.6) is 17.2 Å². The van der Waals surface area contributed by atoms with Gasteiger partial charge in [-0.05, 0) is 97.2 Å². The summed E-state index contributed by atoms with van der Waals surface area (Å²) in [5.74, 6) is 1.51. The van der Waals surface area contributed by atoms with Gasteiger partial charge in [-0.15, -0.1) is 0 Å². The number of rotatable bonds is 7. The minimum absolute atomic E-state index is 0.182. The number of benzene rings is 4. The van der Waals surface area contributed by atoms with Crippen LogP contribution in [0.3, 0.4) is 0 Å². The highest BCUT2D eigenvalue weighted by molar-refractivity contribution is 6.05. The van der Waals surface area contributed by atoms with Crippen LogP contribution in [0.25, 0.3) is 22.3 Å². The number of aromatic hydroxyl groups is 1. The summed E-state index contributed by atoms with van der Waals surface area (Å²) in [5.41, 5.74) is 4.99. The molecule has 0 aromatic heterocycles. The van der Waals surface area contributed by atoms with Gasteiger partial charge in [0.25, 0.3) is 5.91 Å². The molecule has 1 heterocycles. The Hall–Kier alpha value is -4.29. The molecule has 5 rings (SSSR count). The van der Waals surface area contributed by atoms with Gasteiger partial charge in [0.15, 0.2) is 0 Å². The second-order valence-corrected chi connectivity index (χ2v) is 9.08. The molecule has 6 heteroatoms.